The summed E-state index contributed by atoms with van der Waals surface area (Å²) < 4.78 is 0. The van der Waals surface area contributed by atoms with E-state index < -0.39 is 0 Å². The smallest absolute Gasteiger partial charge is 0.195 e. The number of H-pyrrole nitrogens is 1. The van der Waals surface area contributed by atoms with Gasteiger partial charge in [-0.1, -0.05) is 23.7 Å². The van der Waals surface area contributed by atoms with Gasteiger partial charge in [-0.25, -0.2) is 0 Å². The average molecular weight is 286 g/mol. The number of nitrogens with two attached hydrogens (primary N) is 2. The number of ketones is 1. The summed E-state index contributed by atoms with van der Waals surface area (Å²) in [7, 11) is 0. The number of aromatic amines is 1. The van der Waals surface area contributed by atoms with Gasteiger partial charge in [0.05, 0.1) is 10.5 Å². The summed E-state index contributed by atoms with van der Waals surface area (Å²) in [5.41, 5.74) is 14.1. The third kappa shape index (κ3) is 2.00. The Labute approximate surface area is 120 Å². The van der Waals surface area contributed by atoms with E-state index >= 15 is 0 Å². The van der Waals surface area contributed by atoms with Crippen LogP contribution in [0, 0.1) is 0 Å². The van der Waals surface area contributed by atoms with E-state index in [-0.39, 0.29) is 5.78 Å². The number of hydrogen-bond donors (Lipinski definition) is 3. The van der Waals surface area contributed by atoms with Crippen molar-refractivity contribution in [1.82, 2.24) is 4.98 Å². The van der Waals surface area contributed by atoms with Crippen molar-refractivity contribution in [2.45, 2.75) is 0 Å². The van der Waals surface area contributed by atoms with Gasteiger partial charge in [0.1, 0.15) is 0 Å². The maximum Gasteiger partial charge on any atom is 0.195 e. The van der Waals surface area contributed by atoms with Crippen molar-refractivity contribution >= 4 is 39.7 Å². The van der Waals surface area contributed by atoms with Crippen LogP contribution in [0.3, 0.4) is 0 Å². The number of carbonyl (C=O) groups excluding carboxylic acids is 1. The van der Waals surface area contributed by atoms with Crippen LogP contribution < -0.4 is 11.5 Å². The Hall–Kier alpha value is -2.46. The first-order chi connectivity index (χ1) is 9.56. The Morgan fingerprint density at radius 2 is 1.80 bits per heavy atom. The van der Waals surface area contributed by atoms with Crippen LogP contribution >= 0.6 is 11.6 Å². The number of benzene rings is 2. The van der Waals surface area contributed by atoms with E-state index in [2.05, 4.69) is 4.98 Å². The molecular weight excluding hydrogens is 274 g/mol. The summed E-state index contributed by atoms with van der Waals surface area (Å²) in [5, 5.41) is 1.36. The fourth-order valence-corrected chi connectivity index (χ4v) is 2.50. The Kier molecular flexibility index (Phi) is 2.88. The first kappa shape index (κ1) is 12.6. The molecule has 0 bridgehead atoms. The molecule has 3 rings (SSSR count). The summed E-state index contributed by atoms with van der Waals surface area (Å²) in [6, 6.07) is 10.3. The zero-order valence-electron chi connectivity index (χ0n) is 10.5. The molecule has 100 valence electrons. The summed E-state index contributed by atoms with van der Waals surface area (Å²) in [6.07, 6.45) is 1.65. The third-order valence-corrected chi connectivity index (χ3v) is 3.46. The molecule has 1 aromatic heterocycles. The number of nitrogens with one attached hydrogen (secondary N) is 1. The number of rotatable bonds is 2. The van der Waals surface area contributed by atoms with Crippen molar-refractivity contribution in [1.29, 1.82) is 0 Å². The van der Waals surface area contributed by atoms with Crippen LogP contribution in [-0.4, -0.2) is 10.8 Å². The van der Waals surface area contributed by atoms with E-state index in [1.54, 1.807) is 30.5 Å². The number of aromatic nitrogens is 1. The molecule has 0 saturated carbocycles. The van der Waals surface area contributed by atoms with E-state index in [0.29, 0.717) is 27.5 Å². The lowest BCUT2D eigenvalue weighted by Crippen LogP contribution is -2.03. The molecule has 4 nitrogen and oxygen atoms in total. The highest BCUT2D eigenvalue weighted by Gasteiger charge is 2.16. The van der Waals surface area contributed by atoms with Gasteiger partial charge in [-0.05, 0) is 24.3 Å². The second-order valence-electron chi connectivity index (χ2n) is 4.58. The van der Waals surface area contributed by atoms with Crippen LogP contribution in [-0.2, 0) is 0 Å². The maximum absolute atomic E-state index is 12.6. The van der Waals surface area contributed by atoms with E-state index in [0.717, 1.165) is 10.9 Å². The highest BCUT2D eigenvalue weighted by atomic mass is 35.5. The zero-order valence-corrected chi connectivity index (χ0v) is 11.2. The van der Waals surface area contributed by atoms with E-state index in [4.69, 9.17) is 23.1 Å². The number of para-hydroxylation sites is 1. The summed E-state index contributed by atoms with van der Waals surface area (Å²) in [6.45, 7) is 0. The minimum atomic E-state index is -0.141. The number of fused-ring (bicyclic) bond motifs is 1. The van der Waals surface area contributed by atoms with Crippen LogP contribution in [0.4, 0.5) is 11.4 Å². The van der Waals surface area contributed by atoms with E-state index in [1.165, 1.54) is 0 Å². The van der Waals surface area contributed by atoms with E-state index in [1.807, 2.05) is 12.1 Å². The van der Waals surface area contributed by atoms with Crippen molar-refractivity contribution in [3.63, 3.8) is 0 Å². The van der Waals surface area contributed by atoms with Crippen molar-refractivity contribution in [2.75, 3.05) is 11.5 Å². The predicted octanol–water partition coefficient (Wildman–Crippen LogP) is 3.22. The molecule has 20 heavy (non-hydrogen) atoms. The molecule has 5 N–H and O–H groups in total. The number of halogens is 1. The van der Waals surface area contributed by atoms with Gasteiger partial charge in [0.25, 0.3) is 0 Å². The molecule has 5 heteroatoms. The Morgan fingerprint density at radius 1 is 1.10 bits per heavy atom. The lowest BCUT2D eigenvalue weighted by molar-refractivity contribution is 0.104. The number of anilines is 2. The van der Waals surface area contributed by atoms with Crippen molar-refractivity contribution in [3.05, 3.63) is 58.7 Å². The van der Waals surface area contributed by atoms with Gasteiger partial charge >= 0.3 is 0 Å². The van der Waals surface area contributed by atoms with Crippen LogP contribution in [0.5, 0.6) is 0 Å². The van der Waals surface area contributed by atoms with Crippen molar-refractivity contribution < 1.29 is 4.79 Å². The van der Waals surface area contributed by atoms with Crippen LogP contribution in [0.1, 0.15) is 15.9 Å². The maximum atomic E-state index is 12.6. The van der Waals surface area contributed by atoms with Gasteiger partial charge in [0.2, 0.25) is 0 Å². The standard InChI is InChI=1S/C15H12ClN3O/c16-13-3-1-2-11-12(7-19-14(11)13)15(20)8-4-9(17)6-10(18)5-8/h1-7,19H,17-18H2. The molecule has 0 aliphatic rings. The quantitative estimate of drug-likeness (QED) is 0.499. The average Bonchev–Trinajstić information content (AvgIpc) is 2.82. The highest BCUT2D eigenvalue weighted by molar-refractivity contribution is 6.35. The van der Waals surface area contributed by atoms with Gasteiger partial charge in [0, 0.05) is 34.1 Å². The zero-order chi connectivity index (χ0) is 14.3. The normalized spacial score (nSPS) is 10.8. The molecule has 3 aromatic rings. The lowest BCUT2D eigenvalue weighted by atomic mass is 10.0. The molecule has 0 unspecified atom stereocenters. The van der Waals surface area contributed by atoms with Gasteiger partial charge in [0.15, 0.2) is 5.78 Å². The molecule has 0 fully saturated rings. The topological polar surface area (TPSA) is 84.9 Å². The van der Waals surface area contributed by atoms with Crippen LogP contribution in [0.2, 0.25) is 5.02 Å². The molecule has 0 saturated heterocycles. The van der Waals surface area contributed by atoms with Gasteiger partial charge in [-0.15, -0.1) is 0 Å². The molecule has 0 radical (unpaired) electrons. The monoisotopic (exact) mass is 285 g/mol. The molecule has 0 amide bonds. The number of carbonyl (C=O) groups is 1. The Morgan fingerprint density at radius 3 is 2.50 bits per heavy atom. The largest absolute Gasteiger partial charge is 0.399 e. The van der Waals surface area contributed by atoms with E-state index in [9.17, 15) is 4.79 Å². The number of hydrogen-bond acceptors (Lipinski definition) is 3. The van der Waals surface area contributed by atoms with Crippen molar-refractivity contribution in [2.24, 2.45) is 0 Å². The Bertz CT molecular complexity index is 803. The molecule has 0 atom stereocenters. The van der Waals surface area contributed by atoms with Crippen LogP contribution in [0.15, 0.2) is 42.6 Å². The highest BCUT2D eigenvalue weighted by Crippen LogP contribution is 2.27. The van der Waals surface area contributed by atoms with Crippen LogP contribution in [0.25, 0.3) is 10.9 Å². The summed E-state index contributed by atoms with van der Waals surface area (Å²) in [4.78, 5) is 15.6. The number of nitrogen functional groups attached to an aromatic ring is 2. The third-order valence-electron chi connectivity index (χ3n) is 3.15. The molecule has 0 aliphatic heterocycles. The first-order valence-electron chi connectivity index (χ1n) is 6.02. The molecular formula is C15H12ClN3O. The molecule has 2 aromatic carbocycles. The fraction of sp³-hybridized carbons (Fsp3) is 0. The van der Waals surface area contributed by atoms with Gasteiger partial charge in [-0.2, -0.15) is 0 Å². The second kappa shape index (κ2) is 4.58. The molecule has 1 heterocycles. The summed E-state index contributed by atoms with van der Waals surface area (Å²) in [5.74, 6) is -0.141. The SMILES string of the molecule is Nc1cc(N)cc(C(=O)c2c[nH]c3c(Cl)cccc23)c1. The molecule has 0 aliphatic carbocycles. The minimum absolute atomic E-state index is 0.141. The molecule has 0 spiro atoms. The predicted molar refractivity (Wildman–Crippen MR) is 82.0 cm³/mol. The van der Waals surface area contributed by atoms with Crippen molar-refractivity contribution in [3.8, 4) is 0 Å². The minimum Gasteiger partial charge on any atom is -0.399 e. The fourth-order valence-electron chi connectivity index (χ4n) is 2.27. The first-order valence-corrected chi connectivity index (χ1v) is 6.40. The Balaban J connectivity index is 2.15. The summed E-state index contributed by atoms with van der Waals surface area (Å²) >= 11 is 6.09. The second-order valence-corrected chi connectivity index (χ2v) is 4.99. The van der Waals surface area contributed by atoms with Gasteiger partial charge in [-0.3, -0.25) is 4.79 Å². The van der Waals surface area contributed by atoms with Gasteiger partial charge < -0.3 is 16.5 Å². The lowest BCUT2D eigenvalue weighted by Gasteiger charge is -2.03.